The van der Waals surface area contributed by atoms with E-state index in [2.05, 4.69) is 6.92 Å². The van der Waals surface area contributed by atoms with Crippen molar-refractivity contribution in [1.29, 1.82) is 0 Å². The molecule has 2 nitrogen and oxygen atoms in total. The van der Waals surface area contributed by atoms with Crippen molar-refractivity contribution in [1.82, 2.24) is 0 Å². The normalized spacial score (nSPS) is 25.1. The number of hydrogen-bond acceptors (Lipinski definition) is 2. The van der Waals surface area contributed by atoms with Gasteiger partial charge in [0.15, 0.2) is 0 Å². The summed E-state index contributed by atoms with van der Waals surface area (Å²) in [7, 11) is 0. The van der Waals surface area contributed by atoms with Crippen LogP contribution in [0.25, 0.3) is 0 Å². The van der Waals surface area contributed by atoms with Gasteiger partial charge in [0.1, 0.15) is 11.9 Å². The first kappa shape index (κ1) is 14.7. The molecule has 3 heteroatoms. The van der Waals surface area contributed by atoms with E-state index in [1.54, 1.807) is 13.0 Å². The third-order valence-corrected chi connectivity index (χ3v) is 4.30. The van der Waals surface area contributed by atoms with E-state index < -0.39 is 6.10 Å². The standard InChI is InChI=1S/C16H23ClO2/c1-3-12-6-4-5-7-15(12)19-16-9-8-13(17)10-14(16)11(2)18/h8-12,15,18H,3-7H2,1-2H3. The van der Waals surface area contributed by atoms with Crippen LogP contribution < -0.4 is 4.74 Å². The van der Waals surface area contributed by atoms with Gasteiger partial charge in [0, 0.05) is 10.6 Å². The molecule has 1 aromatic rings. The van der Waals surface area contributed by atoms with E-state index in [0.29, 0.717) is 10.9 Å². The first-order valence-corrected chi connectivity index (χ1v) is 7.63. The van der Waals surface area contributed by atoms with E-state index in [9.17, 15) is 5.11 Å². The maximum atomic E-state index is 9.84. The molecular formula is C16H23ClO2. The molecule has 0 radical (unpaired) electrons. The zero-order valence-corrected chi connectivity index (χ0v) is 12.5. The molecule has 1 saturated carbocycles. The Balaban J connectivity index is 2.17. The summed E-state index contributed by atoms with van der Waals surface area (Å²) in [6, 6.07) is 5.50. The van der Waals surface area contributed by atoms with Crippen molar-refractivity contribution in [2.45, 2.75) is 58.2 Å². The SMILES string of the molecule is CCC1CCCCC1Oc1ccc(Cl)cc1C(C)O. The molecule has 2 rings (SSSR count). The minimum Gasteiger partial charge on any atom is -0.490 e. The lowest BCUT2D eigenvalue weighted by Crippen LogP contribution is -2.30. The molecular weight excluding hydrogens is 260 g/mol. The van der Waals surface area contributed by atoms with Gasteiger partial charge in [0.2, 0.25) is 0 Å². The Labute approximate surface area is 120 Å². The Morgan fingerprint density at radius 3 is 2.79 bits per heavy atom. The summed E-state index contributed by atoms with van der Waals surface area (Å²) in [6.07, 6.45) is 5.78. The number of rotatable bonds is 4. The van der Waals surface area contributed by atoms with Crippen LogP contribution in [0.3, 0.4) is 0 Å². The molecule has 3 unspecified atom stereocenters. The van der Waals surface area contributed by atoms with Gasteiger partial charge < -0.3 is 9.84 Å². The zero-order chi connectivity index (χ0) is 13.8. The van der Waals surface area contributed by atoms with Crippen LogP contribution in [0.2, 0.25) is 5.02 Å². The van der Waals surface area contributed by atoms with E-state index in [0.717, 1.165) is 24.2 Å². The van der Waals surface area contributed by atoms with Crippen LogP contribution in [0.5, 0.6) is 5.75 Å². The number of benzene rings is 1. The van der Waals surface area contributed by atoms with Gasteiger partial charge in [0.25, 0.3) is 0 Å². The van der Waals surface area contributed by atoms with Crippen LogP contribution in [-0.4, -0.2) is 11.2 Å². The van der Waals surface area contributed by atoms with E-state index in [4.69, 9.17) is 16.3 Å². The van der Waals surface area contributed by atoms with Crippen molar-refractivity contribution in [2.24, 2.45) is 5.92 Å². The summed E-state index contributed by atoms with van der Waals surface area (Å²) < 4.78 is 6.19. The second kappa shape index (κ2) is 6.62. The number of aliphatic hydroxyl groups is 1. The van der Waals surface area contributed by atoms with Gasteiger partial charge in [-0.2, -0.15) is 0 Å². The van der Waals surface area contributed by atoms with Crippen molar-refractivity contribution >= 4 is 11.6 Å². The smallest absolute Gasteiger partial charge is 0.125 e. The van der Waals surface area contributed by atoms with Crippen molar-refractivity contribution < 1.29 is 9.84 Å². The predicted octanol–water partition coefficient (Wildman–Crippen LogP) is 4.74. The Kier molecular flexibility index (Phi) is 5.12. The molecule has 1 aliphatic carbocycles. The summed E-state index contributed by atoms with van der Waals surface area (Å²) in [5.41, 5.74) is 0.785. The lowest BCUT2D eigenvalue weighted by molar-refractivity contribution is 0.0855. The van der Waals surface area contributed by atoms with E-state index in [1.807, 2.05) is 12.1 Å². The van der Waals surface area contributed by atoms with Crippen LogP contribution in [0, 0.1) is 5.92 Å². The van der Waals surface area contributed by atoms with Gasteiger partial charge in [-0.15, -0.1) is 0 Å². The largest absolute Gasteiger partial charge is 0.490 e. The summed E-state index contributed by atoms with van der Waals surface area (Å²) in [5.74, 6) is 1.41. The highest BCUT2D eigenvalue weighted by Gasteiger charge is 2.26. The fourth-order valence-electron chi connectivity index (χ4n) is 2.91. The third-order valence-electron chi connectivity index (χ3n) is 4.06. The monoisotopic (exact) mass is 282 g/mol. The number of hydrogen-bond donors (Lipinski definition) is 1. The molecule has 0 heterocycles. The summed E-state index contributed by atoms with van der Waals surface area (Å²) in [6.45, 7) is 3.97. The van der Waals surface area contributed by atoms with E-state index in [1.165, 1.54) is 19.3 Å². The minimum absolute atomic E-state index is 0.275. The maximum Gasteiger partial charge on any atom is 0.125 e. The average molecular weight is 283 g/mol. The number of aliphatic hydroxyl groups excluding tert-OH is 1. The fraction of sp³-hybridized carbons (Fsp3) is 0.625. The molecule has 0 saturated heterocycles. The van der Waals surface area contributed by atoms with Crippen molar-refractivity contribution in [2.75, 3.05) is 0 Å². The fourth-order valence-corrected chi connectivity index (χ4v) is 3.09. The predicted molar refractivity (Wildman–Crippen MR) is 78.8 cm³/mol. The molecule has 0 amide bonds. The van der Waals surface area contributed by atoms with Crippen molar-refractivity contribution in [3.05, 3.63) is 28.8 Å². The van der Waals surface area contributed by atoms with E-state index in [-0.39, 0.29) is 6.10 Å². The van der Waals surface area contributed by atoms with Gasteiger partial charge in [-0.1, -0.05) is 24.9 Å². The molecule has 1 aliphatic rings. The molecule has 1 N–H and O–H groups in total. The quantitative estimate of drug-likeness (QED) is 0.864. The van der Waals surface area contributed by atoms with Crippen LogP contribution >= 0.6 is 11.6 Å². The average Bonchev–Trinajstić information content (AvgIpc) is 2.41. The first-order chi connectivity index (χ1) is 9.11. The Hall–Kier alpha value is -0.730. The third kappa shape index (κ3) is 3.64. The highest BCUT2D eigenvalue weighted by Crippen LogP contribution is 2.34. The second-order valence-electron chi connectivity index (χ2n) is 5.47. The molecule has 1 fully saturated rings. The van der Waals surface area contributed by atoms with Crippen LogP contribution in [0.1, 0.15) is 57.6 Å². The maximum absolute atomic E-state index is 9.84. The Bertz CT molecular complexity index is 417. The molecule has 0 bridgehead atoms. The lowest BCUT2D eigenvalue weighted by atomic mass is 9.84. The number of halogens is 1. The zero-order valence-electron chi connectivity index (χ0n) is 11.7. The highest BCUT2D eigenvalue weighted by molar-refractivity contribution is 6.30. The number of ether oxygens (including phenoxy) is 1. The molecule has 0 aromatic heterocycles. The van der Waals surface area contributed by atoms with Crippen LogP contribution in [0.15, 0.2) is 18.2 Å². The molecule has 106 valence electrons. The van der Waals surface area contributed by atoms with Gasteiger partial charge in [-0.05, 0) is 56.7 Å². The lowest BCUT2D eigenvalue weighted by Gasteiger charge is -2.32. The molecule has 0 aliphatic heterocycles. The summed E-state index contributed by atoms with van der Waals surface area (Å²) in [4.78, 5) is 0. The second-order valence-corrected chi connectivity index (χ2v) is 5.90. The van der Waals surface area contributed by atoms with Crippen molar-refractivity contribution in [3.63, 3.8) is 0 Å². The molecule has 19 heavy (non-hydrogen) atoms. The summed E-state index contributed by atoms with van der Waals surface area (Å²) >= 11 is 5.99. The van der Waals surface area contributed by atoms with E-state index >= 15 is 0 Å². The first-order valence-electron chi connectivity index (χ1n) is 7.26. The molecule has 1 aromatic carbocycles. The van der Waals surface area contributed by atoms with Gasteiger partial charge in [-0.3, -0.25) is 0 Å². The van der Waals surface area contributed by atoms with Crippen LogP contribution in [-0.2, 0) is 0 Å². The highest BCUT2D eigenvalue weighted by atomic mass is 35.5. The van der Waals surface area contributed by atoms with Crippen molar-refractivity contribution in [3.8, 4) is 5.75 Å². The summed E-state index contributed by atoms with van der Waals surface area (Å²) in [5, 5.41) is 10.5. The van der Waals surface area contributed by atoms with Gasteiger partial charge >= 0.3 is 0 Å². The van der Waals surface area contributed by atoms with Gasteiger partial charge in [-0.25, -0.2) is 0 Å². The molecule has 0 spiro atoms. The minimum atomic E-state index is -0.558. The Morgan fingerprint density at radius 2 is 2.11 bits per heavy atom. The van der Waals surface area contributed by atoms with Crippen LogP contribution in [0.4, 0.5) is 0 Å². The Morgan fingerprint density at radius 1 is 1.37 bits per heavy atom. The topological polar surface area (TPSA) is 29.5 Å². The molecule has 3 atom stereocenters. The van der Waals surface area contributed by atoms with Gasteiger partial charge in [0.05, 0.1) is 6.10 Å².